The fourth-order valence-corrected chi connectivity index (χ4v) is 3.06. The highest BCUT2D eigenvalue weighted by Crippen LogP contribution is 2.08. The summed E-state index contributed by atoms with van der Waals surface area (Å²) < 4.78 is 0. The fourth-order valence-electron chi connectivity index (χ4n) is 3.06. The number of benzene rings is 1. The van der Waals surface area contributed by atoms with E-state index >= 15 is 0 Å². The summed E-state index contributed by atoms with van der Waals surface area (Å²) in [4.78, 5) is 59.7. The molecule has 1 aromatic carbocycles. The lowest BCUT2D eigenvalue weighted by Gasteiger charge is -2.25. The van der Waals surface area contributed by atoms with Gasteiger partial charge in [0, 0.05) is 6.42 Å². The first-order chi connectivity index (χ1) is 15.5. The largest absolute Gasteiger partial charge is 0.480 e. The Hall–Kier alpha value is -3.47. The van der Waals surface area contributed by atoms with Crippen molar-refractivity contribution in [2.24, 2.45) is 17.4 Å². The molecule has 0 heterocycles. The van der Waals surface area contributed by atoms with Gasteiger partial charge in [0.1, 0.15) is 18.6 Å². The molecule has 1 aromatic rings. The van der Waals surface area contributed by atoms with Crippen molar-refractivity contribution in [2.75, 3.05) is 6.54 Å². The van der Waals surface area contributed by atoms with Gasteiger partial charge in [-0.15, -0.1) is 0 Å². The standard InChI is InChI=1S/C22H33N5O6/c1-13(2)10-17(27-20(31)15(23)11-14-6-4-3-5-7-14)22(33)26-16(8-9-18(24)28)21(32)25-12-19(29)30/h3-7,13,15-17H,8-12,23H2,1-2H3,(H2,24,28)(H,25,32)(H,26,33)(H,27,31)(H,29,30). The zero-order valence-electron chi connectivity index (χ0n) is 18.9. The van der Waals surface area contributed by atoms with E-state index < -0.39 is 54.3 Å². The summed E-state index contributed by atoms with van der Waals surface area (Å²) in [6.07, 6.45) is 0.230. The maximum atomic E-state index is 12.9. The van der Waals surface area contributed by atoms with E-state index in [1.165, 1.54) is 0 Å². The quantitative estimate of drug-likeness (QED) is 0.204. The first kappa shape index (κ1) is 27.6. The highest BCUT2D eigenvalue weighted by atomic mass is 16.4. The van der Waals surface area contributed by atoms with E-state index in [1.807, 2.05) is 44.2 Å². The number of carboxylic acids is 1. The lowest BCUT2D eigenvalue weighted by Crippen LogP contribution is -2.56. The second kappa shape index (κ2) is 13.8. The third kappa shape index (κ3) is 11.1. The van der Waals surface area contributed by atoms with E-state index in [0.717, 1.165) is 5.56 Å². The molecule has 182 valence electrons. The summed E-state index contributed by atoms with van der Waals surface area (Å²) in [6, 6.07) is 6.11. The van der Waals surface area contributed by atoms with Crippen molar-refractivity contribution in [1.29, 1.82) is 0 Å². The molecule has 0 aliphatic rings. The molecule has 0 aromatic heterocycles. The van der Waals surface area contributed by atoms with Gasteiger partial charge >= 0.3 is 5.97 Å². The van der Waals surface area contributed by atoms with Crippen molar-refractivity contribution in [3.63, 3.8) is 0 Å². The molecule has 4 amide bonds. The van der Waals surface area contributed by atoms with E-state index in [2.05, 4.69) is 16.0 Å². The molecule has 33 heavy (non-hydrogen) atoms. The van der Waals surface area contributed by atoms with Gasteiger partial charge in [-0.2, -0.15) is 0 Å². The molecule has 3 atom stereocenters. The van der Waals surface area contributed by atoms with Gasteiger partial charge in [0.25, 0.3) is 0 Å². The zero-order chi connectivity index (χ0) is 25.0. The number of carbonyl (C=O) groups is 5. The number of carbonyl (C=O) groups excluding carboxylic acids is 4. The summed E-state index contributed by atoms with van der Waals surface area (Å²) in [5.74, 6) is -3.87. The Morgan fingerprint density at radius 3 is 2.09 bits per heavy atom. The van der Waals surface area contributed by atoms with Crippen molar-refractivity contribution in [2.45, 2.75) is 57.7 Å². The van der Waals surface area contributed by atoms with Crippen LogP contribution < -0.4 is 27.4 Å². The summed E-state index contributed by atoms with van der Waals surface area (Å²) in [7, 11) is 0. The number of carboxylic acid groups (broad SMARTS) is 1. The van der Waals surface area contributed by atoms with Crippen LogP contribution in [0.5, 0.6) is 0 Å². The van der Waals surface area contributed by atoms with Gasteiger partial charge in [-0.05, 0) is 30.7 Å². The Morgan fingerprint density at radius 2 is 1.55 bits per heavy atom. The van der Waals surface area contributed by atoms with Crippen molar-refractivity contribution >= 4 is 29.6 Å². The summed E-state index contributed by atoms with van der Waals surface area (Å²) in [5.41, 5.74) is 12.0. The first-order valence-corrected chi connectivity index (χ1v) is 10.7. The average molecular weight is 464 g/mol. The van der Waals surface area contributed by atoms with Crippen LogP contribution in [-0.4, -0.2) is 59.4 Å². The van der Waals surface area contributed by atoms with E-state index in [-0.39, 0.29) is 31.6 Å². The third-order valence-electron chi connectivity index (χ3n) is 4.70. The number of hydrogen-bond donors (Lipinski definition) is 6. The first-order valence-electron chi connectivity index (χ1n) is 10.7. The van der Waals surface area contributed by atoms with Crippen LogP contribution in [0.1, 0.15) is 38.7 Å². The monoisotopic (exact) mass is 463 g/mol. The molecule has 0 saturated carbocycles. The van der Waals surface area contributed by atoms with Gasteiger partial charge in [0.2, 0.25) is 23.6 Å². The molecule has 11 nitrogen and oxygen atoms in total. The van der Waals surface area contributed by atoms with Gasteiger partial charge in [-0.25, -0.2) is 0 Å². The summed E-state index contributed by atoms with van der Waals surface area (Å²) >= 11 is 0. The highest BCUT2D eigenvalue weighted by molar-refractivity contribution is 5.94. The lowest BCUT2D eigenvalue weighted by atomic mass is 10.0. The number of nitrogens with one attached hydrogen (secondary N) is 3. The van der Waals surface area contributed by atoms with Gasteiger partial charge < -0.3 is 32.5 Å². The maximum Gasteiger partial charge on any atom is 0.322 e. The minimum Gasteiger partial charge on any atom is -0.480 e. The Balaban J connectivity index is 2.87. The highest BCUT2D eigenvalue weighted by Gasteiger charge is 2.29. The molecule has 3 unspecified atom stereocenters. The Morgan fingerprint density at radius 1 is 0.939 bits per heavy atom. The van der Waals surface area contributed by atoms with Crippen LogP contribution in [0.25, 0.3) is 0 Å². The lowest BCUT2D eigenvalue weighted by molar-refractivity contribution is -0.138. The molecule has 0 radical (unpaired) electrons. The molecule has 0 spiro atoms. The minimum absolute atomic E-state index is 0.0244. The number of hydrogen-bond acceptors (Lipinski definition) is 6. The molecule has 0 aliphatic heterocycles. The normalized spacial score (nSPS) is 13.5. The smallest absolute Gasteiger partial charge is 0.322 e. The SMILES string of the molecule is CC(C)CC(NC(=O)C(N)Cc1ccccc1)C(=O)NC(CCC(N)=O)C(=O)NCC(=O)O. The van der Waals surface area contributed by atoms with E-state index in [1.54, 1.807) is 0 Å². The maximum absolute atomic E-state index is 12.9. The number of nitrogens with two attached hydrogens (primary N) is 2. The van der Waals surface area contributed by atoms with Crippen molar-refractivity contribution in [3.8, 4) is 0 Å². The molecule has 0 bridgehead atoms. The molecule has 0 fully saturated rings. The molecule has 0 saturated heterocycles. The van der Waals surface area contributed by atoms with Crippen LogP contribution in [0, 0.1) is 5.92 Å². The fraction of sp³-hybridized carbons (Fsp3) is 0.500. The number of rotatable bonds is 14. The second-order valence-corrected chi connectivity index (χ2v) is 8.16. The predicted octanol–water partition coefficient (Wildman–Crippen LogP) is -0.962. The van der Waals surface area contributed by atoms with Crippen molar-refractivity contribution < 1.29 is 29.1 Å². The Labute approximate surface area is 192 Å². The Kier molecular flexibility index (Phi) is 11.6. The van der Waals surface area contributed by atoms with Gasteiger partial charge in [0.15, 0.2) is 0 Å². The van der Waals surface area contributed by atoms with Crippen molar-refractivity contribution in [1.82, 2.24) is 16.0 Å². The van der Waals surface area contributed by atoms with E-state index in [4.69, 9.17) is 16.6 Å². The van der Waals surface area contributed by atoms with Crippen LogP contribution in [0.15, 0.2) is 30.3 Å². The minimum atomic E-state index is -1.26. The average Bonchev–Trinajstić information content (AvgIpc) is 2.74. The third-order valence-corrected chi connectivity index (χ3v) is 4.70. The van der Waals surface area contributed by atoms with E-state index in [9.17, 15) is 24.0 Å². The van der Waals surface area contributed by atoms with Crippen LogP contribution in [-0.2, 0) is 30.4 Å². The van der Waals surface area contributed by atoms with Gasteiger partial charge in [-0.1, -0.05) is 44.2 Å². The molecule has 11 heteroatoms. The molecule has 8 N–H and O–H groups in total. The topological polar surface area (TPSA) is 194 Å². The number of primary amides is 1. The predicted molar refractivity (Wildman–Crippen MR) is 121 cm³/mol. The number of amides is 4. The van der Waals surface area contributed by atoms with Gasteiger partial charge in [-0.3, -0.25) is 24.0 Å². The van der Waals surface area contributed by atoms with Crippen LogP contribution in [0.3, 0.4) is 0 Å². The molecule has 0 aliphatic carbocycles. The molecule has 1 rings (SSSR count). The van der Waals surface area contributed by atoms with Gasteiger partial charge in [0.05, 0.1) is 6.04 Å². The van der Waals surface area contributed by atoms with E-state index in [0.29, 0.717) is 0 Å². The van der Waals surface area contributed by atoms with Crippen LogP contribution in [0.4, 0.5) is 0 Å². The summed E-state index contributed by atoms with van der Waals surface area (Å²) in [6.45, 7) is 3.07. The molecular weight excluding hydrogens is 430 g/mol. The Bertz CT molecular complexity index is 830. The van der Waals surface area contributed by atoms with Crippen molar-refractivity contribution in [3.05, 3.63) is 35.9 Å². The molecular formula is C22H33N5O6. The van der Waals surface area contributed by atoms with Crippen LogP contribution >= 0.6 is 0 Å². The second-order valence-electron chi connectivity index (χ2n) is 8.16. The zero-order valence-corrected chi connectivity index (χ0v) is 18.9. The number of aliphatic carboxylic acids is 1. The summed E-state index contributed by atoms with van der Waals surface area (Å²) in [5, 5.41) is 16.0. The van der Waals surface area contributed by atoms with Crippen LogP contribution in [0.2, 0.25) is 0 Å².